The standard InChI is InChI=1S/C29H29ClN4O3/c30-21-12-10-20(11-13-21)29(14-3-1-4-15-29)19-32-27(35)25-8-6-9-26-33-24(18-34(25)26)23(28(36)37)17-22-7-2-5-16-31-22/h2,5-13,16,18,23H,1,3-4,14-15,17,19H2,(H,32,35)(H,36,37). The van der Waals surface area contributed by atoms with Crippen LogP contribution in [-0.2, 0) is 16.6 Å². The fraction of sp³-hybridized carbons (Fsp3) is 0.310. The van der Waals surface area contributed by atoms with E-state index >= 15 is 0 Å². The van der Waals surface area contributed by atoms with Crippen LogP contribution in [0.5, 0.6) is 0 Å². The molecule has 1 unspecified atom stereocenters. The van der Waals surface area contributed by atoms with E-state index in [4.69, 9.17) is 11.6 Å². The van der Waals surface area contributed by atoms with Gasteiger partial charge in [0.1, 0.15) is 17.3 Å². The molecule has 1 saturated carbocycles. The van der Waals surface area contributed by atoms with Crippen molar-refractivity contribution < 1.29 is 14.7 Å². The van der Waals surface area contributed by atoms with Crippen LogP contribution in [0.25, 0.3) is 5.65 Å². The second-order valence-electron chi connectivity index (χ2n) is 9.75. The van der Waals surface area contributed by atoms with Crippen molar-refractivity contribution in [2.75, 3.05) is 6.54 Å². The second kappa shape index (κ2) is 10.7. The molecule has 1 amide bonds. The Morgan fingerprint density at radius 2 is 1.81 bits per heavy atom. The zero-order valence-corrected chi connectivity index (χ0v) is 21.2. The number of carbonyl (C=O) groups excluding carboxylic acids is 1. The smallest absolute Gasteiger partial charge is 0.313 e. The zero-order chi connectivity index (χ0) is 25.8. The third-order valence-corrected chi connectivity index (χ3v) is 7.64. The van der Waals surface area contributed by atoms with Crippen molar-refractivity contribution in [1.82, 2.24) is 19.7 Å². The third kappa shape index (κ3) is 5.37. The Morgan fingerprint density at radius 3 is 2.51 bits per heavy atom. The molecule has 2 N–H and O–H groups in total. The van der Waals surface area contributed by atoms with E-state index < -0.39 is 11.9 Å². The Bertz CT molecular complexity index is 1400. The van der Waals surface area contributed by atoms with Crippen LogP contribution in [0.2, 0.25) is 5.02 Å². The first-order chi connectivity index (χ1) is 17.9. The molecule has 3 heterocycles. The molecule has 1 aliphatic carbocycles. The monoisotopic (exact) mass is 516 g/mol. The molecule has 1 aromatic carbocycles. The average Bonchev–Trinajstić information content (AvgIpc) is 3.36. The van der Waals surface area contributed by atoms with Gasteiger partial charge < -0.3 is 10.4 Å². The summed E-state index contributed by atoms with van der Waals surface area (Å²) in [4.78, 5) is 34.3. The highest BCUT2D eigenvalue weighted by atomic mass is 35.5. The maximum Gasteiger partial charge on any atom is 0.313 e. The molecule has 4 aromatic rings. The lowest BCUT2D eigenvalue weighted by Crippen LogP contribution is -2.42. The lowest BCUT2D eigenvalue weighted by Gasteiger charge is -2.38. The van der Waals surface area contributed by atoms with E-state index in [9.17, 15) is 14.7 Å². The summed E-state index contributed by atoms with van der Waals surface area (Å²) in [7, 11) is 0. The minimum Gasteiger partial charge on any atom is -0.481 e. The predicted molar refractivity (Wildman–Crippen MR) is 142 cm³/mol. The molecule has 5 rings (SSSR count). The van der Waals surface area contributed by atoms with Crippen molar-refractivity contribution >= 4 is 29.1 Å². The SMILES string of the molecule is O=C(NCC1(c2ccc(Cl)cc2)CCCCC1)c1cccc2nc(C(Cc3ccccn3)C(=O)O)cn12. The van der Waals surface area contributed by atoms with Gasteiger partial charge in [0, 0.05) is 41.5 Å². The largest absolute Gasteiger partial charge is 0.481 e. The first kappa shape index (κ1) is 25.0. The van der Waals surface area contributed by atoms with Gasteiger partial charge in [-0.15, -0.1) is 0 Å². The Hall–Kier alpha value is -3.71. The van der Waals surface area contributed by atoms with Gasteiger partial charge in [0.15, 0.2) is 0 Å². The quantitative estimate of drug-likeness (QED) is 0.325. The maximum atomic E-state index is 13.4. The minimum absolute atomic E-state index is 0.135. The number of hydrogen-bond acceptors (Lipinski definition) is 4. The number of halogens is 1. The van der Waals surface area contributed by atoms with Gasteiger partial charge in [-0.2, -0.15) is 0 Å². The van der Waals surface area contributed by atoms with Crippen LogP contribution < -0.4 is 5.32 Å². The number of benzene rings is 1. The maximum absolute atomic E-state index is 13.4. The highest BCUT2D eigenvalue weighted by molar-refractivity contribution is 6.30. The first-order valence-corrected chi connectivity index (χ1v) is 13.0. The lowest BCUT2D eigenvalue weighted by molar-refractivity contribution is -0.138. The van der Waals surface area contributed by atoms with E-state index in [0.717, 1.165) is 25.7 Å². The molecule has 1 atom stereocenters. The molecule has 0 saturated heterocycles. The molecular weight excluding hydrogens is 488 g/mol. The number of fused-ring (bicyclic) bond motifs is 1. The van der Waals surface area contributed by atoms with Gasteiger partial charge in [0.05, 0.1) is 5.69 Å². The number of pyridine rings is 2. The fourth-order valence-corrected chi connectivity index (χ4v) is 5.49. The van der Waals surface area contributed by atoms with Crippen molar-refractivity contribution in [3.05, 3.63) is 101 Å². The molecule has 0 spiro atoms. The van der Waals surface area contributed by atoms with Crippen LogP contribution in [0.15, 0.2) is 73.1 Å². The number of carboxylic acids is 1. The summed E-state index contributed by atoms with van der Waals surface area (Å²) >= 11 is 6.13. The van der Waals surface area contributed by atoms with Gasteiger partial charge >= 0.3 is 5.97 Å². The van der Waals surface area contributed by atoms with Crippen LogP contribution in [0, 0.1) is 0 Å². The van der Waals surface area contributed by atoms with Gasteiger partial charge in [-0.05, 0) is 54.8 Å². The summed E-state index contributed by atoms with van der Waals surface area (Å²) in [5.41, 5.74) is 3.07. The number of carboxylic acid groups (broad SMARTS) is 1. The van der Waals surface area contributed by atoms with Crippen molar-refractivity contribution in [3.8, 4) is 0 Å². The summed E-state index contributed by atoms with van der Waals surface area (Å²) < 4.78 is 1.68. The summed E-state index contributed by atoms with van der Waals surface area (Å²) in [6, 6.07) is 18.6. The van der Waals surface area contributed by atoms with Crippen molar-refractivity contribution in [2.24, 2.45) is 0 Å². The van der Waals surface area contributed by atoms with Gasteiger partial charge in [-0.25, -0.2) is 4.98 Å². The molecule has 37 heavy (non-hydrogen) atoms. The van der Waals surface area contributed by atoms with E-state index in [1.54, 1.807) is 47.1 Å². The predicted octanol–water partition coefficient (Wildman–Crippen LogP) is 5.43. The van der Waals surface area contributed by atoms with Crippen molar-refractivity contribution in [2.45, 2.75) is 49.9 Å². The number of aromatic nitrogens is 3. The number of hydrogen-bond donors (Lipinski definition) is 2. The highest BCUT2D eigenvalue weighted by Crippen LogP contribution is 2.39. The zero-order valence-electron chi connectivity index (χ0n) is 20.4. The van der Waals surface area contributed by atoms with Crippen molar-refractivity contribution in [1.29, 1.82) is 0 Å². The van der Waals surface area contributed by atoms with E-state index in [0.29, 0.717) is 34.3 Å². The minimum atomic E-state index is -0.984. The molecule has 0 bridgehead atoms. The molecule has 190 valence electrons. The van der Waals surface area contributed by atoms with Crippen molar-refractivity contribution in [3.63, 3.8) is 0 Å². The molecule has 3 aromatic heterocycles. The fourth-order valence-electron chi connectivity index (χ4n) is 5.37. The Balaban J connectivity index is 1.40. The normalized spacial score (nSPS) is 15.8. The molecule has 0 radical (unpaired) electrons. The molecular formula is C29H29ClN4O3. The number of carbonyl (C=O) groups is 2. The number of rotatable bonds is 8. The first-order valence-electron chi connectivity index (χ1n) is 12.6. The number of aliphatic carboxylic acids is 1. The number of nitrogens with one attached hydrogen (secondary N) is 1. The lowest BCUT2D eigenvalue weighted by atomic mass is 9.69. The average molecular weight is 517 g/mol. The molecule has 1 fully saturated rings. The Labute approximate surface area is 220 Å². The van der Waals surface area contributed by atoms with E-state index in [-0.39, 0.29) is 17.7 Å². The highest BCUT2D eigenvalue weighted by Gasteiger charge is 2.34. The number of imidazole rings is 1. The number of nitrogens with zero attached hydrogens (tertiary/aromatic N) is 3. The number of amides is 1. The van der Waals surface area contributed by atoms with E-state index in [1.165, 1.54) is 12.0 Å². The molecule has 7 nitrogen and oxygen atoms in total. The van der Waals surface area contributed by atoms with Crippen LogP contribution in [0.4, 0.5) is 0 Å². The van der Waals surface area contributed by atoms with E-state index in [2.05, 4.69) is 27.4 Å². The van der Waals surface area contributed by atoms with Crippen LogP contribution >= 0.6 is 11.6 Å². The molecule has 0 aliphatic heterocycles. The van der Waals surface area contributed by atoms with Gasteiger partial charge in [0.2, 0.25) is 0 Å². The summed E-state index contributed by atoms with van der Waals surface area (Å²) in [6.07, 6.45) is 8.95. The summed E-state index contributed by atoms with van der Waals surface area (Å²) in [6.45, 7) is 0.517. The van der Waals surface area contributed by atoms with E-state index in [1.807, 2.05) is 18.2 Å². The van der Waals surface area contributed by atoms with Crippen LogP contribution in [-0.4, -0.2) is 37.9 Å². The van der Waals surface area contributed by atoms with Crippen LogP contribution in [0.3, 0.4) is 0 Å². The van der Waals surface area contributed by atoms with Gasteiger partial charge in [-0.1, -0.05) is 55.1 Å². The second-order valence-corrected chi connectivity index (χ2v) is 10.2. The summed E-state index contributed by atoms with van der Waals surface area (Å²) in [5.74, 6) is -2.08. The topological polar surface area (TPSA) is 96.6 Å². The summed E-state index contributed by atoms with van der Waals surface area (Å²) in [5, 5.41) is 13.8. The third-order valence-electron chi connectivity index (χ3n) is 7.39. The molecule has 8 heteroatoms. The van der Waals surface area contributed by atoms with Gasteiger partial charge in [-0.3, -0.25) is 19.0 Å². The van der Waals surface area contributed by atoms with Gasteiger partial charge in [0.25, 0.3) is 5.91 Å². The molecule has 1 aliphatic rings. The Morgan fingerprint density at radius 1 is 1.03 bits per heavy atom. The van der Waals surface area contributed by atoms with Crippen LogP contribution in [0.1, 0.15) is 65.5 Å². The Kier molecular flexibility index (Phi) is 7.24.